The zero-order chi connectivity index (χ0) is 21.1. The Bertz CT molecular complexity index is 1020. The molecule has 160 valence electrons. The lowest BCUT2D eigenvalue weighted by Crippen LogP contribution is -2.35. The number of nitrogens with zero attached hydrogens (tertiary/aromatic N) is 3. The average Bonchev–Trinajstić information content (AvgIpc) is 3.23. The summed E-state index contributed by atoms with van der Waals surface area (Å²) < 4.78 is 27.1. The molecule has 0 aromatic heterocycles. The zero-order valence-electron chi connectivity index (χ0n) is 17.3. The van der Waals surface area contributed by atoms with Crippen molar-refractivity contribution in [3.63, 3.8) is 0 Å². The van der Waals surface area contributed by atoms with E-state index in [1.54, 1.807) is 24.3 Å². The third-order valence-electron chi connectivity index (χ3n) is 5.74. The number of carbonyl (C=O) groups excluding carboxylic acids is 1. The number of anilines is 2. The van der Waals surface area contributed by atoms with Gasteiger partial charge in [-0.15, -0.1) is 0 Å². The molecule has 0 unspecified atom stereocenters. The number of nitrogens with one attached hydrogen (secondary N) is 1. The molecule has 2 aliphatic heterocycles. The first-order chi connectivity index (χ1) is 14.4. The topological polar surface area (TPSA) is 73.0 Å². The minimum Gasteiger partial charge on any atom is -0.373 e. The Morgan fingerprint density at radius 3 is 2.57 bits per heavy atom. The van der Waals surface area contributed by atoms with Crippen molar-refractivity contribution in [3.8, 4) is 0 Å². The van der Waals surface area contributed by atoms with Crippen LogP contribution in [0.15, 0.2) is 53.4 Å². The summed E-state index contributed by atoms with van der Waals surface area (Å²) in [4.78, 5) is 17.2. The highest BCUT2D eigenvalue weighted by Crippen LogP contribution is 2.25. The highest BCUT2D eigenvalue weighted by Gasteiger charge is 2.27. The number of fused-ring (bicyclic) bond motifs is 1. The molecular formula is C22H28N4O3S. The van der Waals surface area contributed by atoms with E-state index in [9.17, 15) is 13.2 Å². The first-order valence-electron chi connectivity index (χ1n) is 10.3. The molecule has 30 heavy (non-hydrogen) atoms. The summed E-state index contributed by atoms with van der Waals surface area (Å²) in [5, 5.41) is 2.87. The minimum atomic E-state index is -3.50. The summed E-state index contributed by atoms with van der Waals surface area (Å²) in [5.74, 6) is -0.146. The molecule has 2 heterocycles. The summed E-state index contributed by atoms with van der Waals surface area (Å²) in [6.07, 6.45) is 1.79. The third kappa shape index (κ3) is 4.50. The van der Waals surface area contributed by atoms with Crippen LogP contribution in [0.4, 0.5) is 11.4 Å². The third-order valence-corrected chi connectivity index (χ3v) is 7.63. The Hall–Kier alpha value is -2.42. The predicted octanol–water partition coefficient (Wildman–Crippen LogP) is 2.36. The van der Waals surface area contributed by atoms with Crippen molar-refractivity contribution in [2.24, 2.45) is 0 Å². The maximum Gasteiger partial charge on any atom is 0.243 e. The van der Waals surface area contributed by atoms with E-state index in [0.29, 0.717) is 25.3 Å². The molecule has 0 saturated carbocycles. The van der Waals surface area contributed by atoms with E-state index in [-0.39, 0.29) is 17.3 Å². The molecule has 1 N–H and O–H groups in total. The van der Waals surface area contributed by atoms with Gasteiger partial charge in [-0.3, -0.25) is 9.69 Å². The Labute approximate surface area is 178 Å². The van der Waals surface area contributed by atoms with Gasteiger partial charge in [-0.05, 0) is 42.7 Å². The Morgan fingerprint density at radius 1 is 1.00 bits per heavy atom. The minimum absolute atomic E-state index is 0.146. The number of rotatable bonds is 5. The van der Waals surface area contributed by atoms with Crippen LogP contribution in [0.3, 0.4) is 0 Å². The lowest BCUT2D eigenvalue weighted by atomic mass is 10.1. The molecule has 2 aromatic rings. The van der Waals surface area contributed by atoms with Crippen molar-refractivity contribution in [2.75, 3.05) is 50.0 Å². The van der Waals surface area contributed by atoms with Gasteiger partial charge >= 0.3 is 0 Å². The van der Waals surface area contributed by atoms with Crippen molar-refractivity contribution >= 4 is 27.3 Å². The number of carbonyl (C=O) groups is 1. The molecule has 1 saturated heterocycles. The molecule has 1 amide bonds. The van der Waals surface area contributed by atoms with Crippen LogP contribution in [-0.4, -0.2) is 63.3 Å². The van der Waals surface area contributed by atoms with Crippen molar-refractivity contribution in [3.05, 3.63) is 54.1 Å². The molecule has 0 radical (unpaired) electrons. The standard InChI is InChI=1S/C22H28N4O3S/c1-24-13-14-25(16-18-7-2-3-10-21(18)24)17-22(27)23-19-8-6-9-20(15-19)30(28,29)26-11-4-5-12-26/h2-3,6-10,15H,4-5,11-14,16-17H2,1H3,(H,23,27). The van der Waals surface area contributed by atoms with Crippen LogP contribution in [0.2, 0.25) is 0 Å². The van der Waals surface area contributed by atoms with Crippen molar-refractivity contribution in [1.82, 2.24) is 9.21 Å². The molecule has 1 fully saturated rings. The SMILES string of the molecule is CN1CCN(CC(=O)Nc2cccc(S(=O)(=O)N3CCCC3)c2)Cc2ccccc21. The van der Waals surface area contributed by atoms with E-state index < -0.39 is 10.0 Å². The normalized spacial score (nSPS) is 18.1. The van der Waals surface area contributed by atoms with Crippen LogP contribution in [0.25, 0.3) is 0 Å². The summed E-state index contributed by atoms with van der Waals surface area (Å²) in [6, 6.07) is 14.8. The largest absolute Gasteiger partial charge is 0.373 e. The van der Waals surface area contributed by atoms with E-state index in [1.807, 2.05) is 12.1 Å². The number of hydrogen-bond acceptors (Lipinski definition) is 5. The Morgan fingerprint density at radius 2 is 1.77 bits per heavy atom. The van der Waals surface area contributed by atoms with Gasteiger partial charge in [0.05, 0.1) is 11.4 Å². The van der Waals surface area contributed by atoms with Crippen LogP contribution in [0.5, 0.6) is 0 Å². The quantitative estimate of drug-likeness (QED) is 0.792. The van der Waals surface area contributed by atoms with E-state index in [4.69, 9.17) is 0 Å². The Balaban J connectivity index is 1.42. The van der Waals surface area contributed by atoms with Crippen molar-refractivity contribution < 1.29 is 13.2 Å². The number of sulfonamides is 1. The molecule has 0 bridgehead atoms. The van der Waals surface area contributed by atoms with Gasteiger partial charge in [0, 0.05) is 51.1 Å². The Kier molecular flexibility index (Phi) is 6.08. The summed E-state index contributed by atoms with van der Waals surface area (Å²) in [6.45, 7) is 3.70. The summed E-state index contributed by atoms with van der Waals surface area (Å²) in [7, 11) is -1.44. The predicted molar refractivity (Wildman–Crippen MR) is 118 cm³/mol. The lowest BCUT2D eigenvalue weighted by molar-refractivity contribution is -0.117. The van der Waals surface area contributed by atoms with Crippen LogP contribution in [0.1, 0.15) is 18.4 Å². The fraction of sp³-hybridized carbons (Fsp3) is 0.409. The lowest BCUT2D eigenvalue weighted by Gasteiger charge is -2.20. The van der Waals surface area contributed by atoms with Gasteiger partial charge in [-0.1, -0.05) is 24.3 Å². The van der Waals surface area contributed by atoms with Gasteiger partial charge < -0.3 is 10.2 Å². The molecule has 0 aliphatic carbocycles. The van der Waals surface area contributed by atoms with Crippen molar-refractivity contribution in [2.45, 2.75) is 24.3 Å². The smallest absolute Gasteiger partial charge is 0.243 e. The van der Waals surface area contributed by atoms with Gasteiger partial charge in [-0.2, -0.15) is 4.31 Å². The molecule has 2 aromatic carbocycles. The molecule has 2 aliphatic rings. The van der Waals surface area contributed by atoms with Gasteiger partial charge in [0.25, 0.3) is 0 Å². The molecule has 8 heteroatoms. The fourth-order valence-corrected chi connectivity index (χ4v) is 5.66. The van der Waals surface area contributed by atoms with Crippen LogP contribution in [0, 0.1) is 0 Å². The van der Waals surface area contributed by atoms with Gasteiger partial charge in [-0.25, -0.2) is 8.42 Å². The van der Waals surface area contributed by atoms with E-state index in [2.05, 4.69) is 34.3 Å². The molecule has 0 atom stereocenters. The van der Waals surface area contributed by atoms with Crippen molar-refractivity contribution in [1.29, 1.82) is 0 Å². The van der Waals surface area contributed by atoms with Gasteiger partial charge in [0.1, 0.15) is 0 Å². The monoisotopic (exact) mass is 428 g/mol. The molecule has 0 spiro atoms. The summed E-state index contributed by atoms with van der Waals surface area (Å²) in [5.41, 5.74) is 2.90. The first-order valence-corrected chi connectivity index (χ1v) is 11.8. The second-order valence-electron chi connectivity index (χ2n) is 7.95. The second-order valence-corrected chi connectivity index (χ2v) is 9.89. The number of likely N-dealkylation sites (N-methyl/N-ethyl adjacent to an activating group) is 1. The summed E-state index contributed by atoms with van der Waals surface area (Å²) >= 11 is 0. The van der Waals surface area contributed by atoms with Gasteiger partial charge in [0.2, 0.25) is 15.9 Å². The van der Waals surface area contributed by atoms with E-state index >= 15 is 0 Å². The fourth-order valence-electron chi connectivity index (χ4n) is 4.10. The maximum absolute atomic E-state index is 12.8. The number of para-hydroxylation sites is 1. The molecule has 7 nitrogen and oxygen atoms in total. The van der Waals surface area contributed by atoms with E-state index in [0.717, 1.165) is 25.9 Å². The molecule has 4 rings (SSSR count). The number of hydrogen-bond donors (Lipinski definition) is 1. The van der Waals surface area contributed by atoms with Gasteiger partial charge in [0.15, 0.2) is 0 Å². The van der Waals surface area contributed by atoms with Crippen LogP contribution >= 0.6 is 0 Å². The zero-order valence-corrected chi connectivity index (χ0v) is 18.1. The maximum atomic E-state index is 12.8. The molecular weight excluding hydrogens is 400 g/mol. The number of benzene rings is 2. The first kappa shape index (κ1) is 20.8. The van der Waals surface area contributed by atoms with Crippen LogP contribution < -0.4 is 10.2 Å². The van der Waals surface area contributed by atoms with Crippen LogP contribution in [-0.2, 0) is 21.4 Å². The second kappa shape index (κ2) is 8.75. The van der Waals surface area contributed by atoms with E-state index in [1.165, 1.54) is 15.6 Å². The number of amides is 1. The highest BCUT2D eigenvalue weighted by atomic mass is 32.2. The highest BCUT2D eigenvalue weighted by molar-refractivity contribution is 7.89. The average molecular weight is 429 g/mol.